The number of aromatic nitrogens is 1. The first-order valence-corrected chi connectivity index (χ1v) is 9.18. The minimum atomic E-state index is -0.811. The number of primary amides is 1. The van der Waals surface area contributed by atoms with E-state index in [4.69, 9.17) is 10.2 Å². The average Bonchev–Trinajstić information content (AvgIpc) is 3.27. The molecule has 0 fully saturated rings. The van der Waals surface area contributed by atoms with Gasteiger partial charge in [-0.25, -0.2) is 4.79 Å². The van der Waals surface area contributed by atoms with E-state index in [-0.39, 0.29) is 23.3 Å². The van der Waals surface area contributed by atoms with Gasteiger partial charge in [-0.15, -0.1) is 11.3 Å². The SMILES string of the molecule is NC(=O)c1c(NC(=O)Cn2c(=O)oc3cc([N+](=O)[O-])ccc32)sc2c1CCC2. The fourth-order valence-electron chi connectivity index (χ4n) is 3.38. The third-order valence-electron chi connectivity index (χ3n) is 4.59. The predicted molar refractivity (Wildman–Crippen MR) is 101 cm³/mol. The van der Waals surface area contributed by atoms with Gasteiger partial charge in [0, 0.05) is 10.9 Å². The highest BCUT2D eigenvalue weighted by Crippen LogP contribution is 2.38. The Kier molecular flexibility index (Phi) is 4.23. The van der Waals surface area contributed by atoms with Crippen molar-refractivity contribution in [2.24, 2.45) is 5.73 Å². The Morgan fingerprint density at radius 2 is 2.14 bits per heavy atom. The van der Waals surface area contributed by atoms with Crippen LogP contribution >= 0.6 is 11.3 Å². The number of rotatable bonds is 5. The van der Waals surface area contributed by atoms with Crippen LogP contribution in [0.15, 0.2) is 27.4 Å². The normalized spacial score (nSPS) is 12.9. The number of nitrogens with zero attached hydrogens (tertiary/aromatic N) is 2. The quantitative estimate of drug-likeness (QED) is 0.490. The van der Waals surface area contributed by atoms with Gasteiger partial charge in [0.15, 0.2) is 5.58 Å². The third-order valence-corrected chi connectivity index (χ3v) is 5.79. The first-order chi connectivity index (χ1) is 13.3. The molecule has 1 aromatic carbocycles. The van der Waals surface area contributed by atoms with E-state index in [1.807, 2.05) is 0 Å². The van der Waals surface area contributed by atoms with Crippen molar-refractivity contribution < 1.29 is 18.9 Å². The lowest BCUT2D eigenvalue weighted by Gasteiger charge is -2.06. The van der Waals surface area contributed by atoms with Gasteiger partial charge in [-0.05, 0) is 30.9 Å². The molecule has 0 spiro atoms. The van der Waals surface area contributed by atoms with Crippen molar-refractivity contribution in [2.75, 3.05) is 5.32 Å². The number of hydrogen-bond acceptors (Lipinski definition) is 7. The van der Waals surface area contributed by atoms with Crippen molar-refractivity contribution in [3.05, 3.63) is 54.9 Å². The number of hydrogen-bond donors (Lipinski definition) is 2. The number of fused-ring (bicyclic) bond motifs is 2. The van der Waals surface area contributed by atoms with Crippen LogP contribution in [0, 0.1) is 10.1 Å². The zero-order valence-corrected chi connectivity index (χ0v) is 15.2. The number of nitro groups is 1. The topological polar surface area (TPSA) is 150 Å². The zero-order valence-electron chi connectivity index (χ0n) is 14.4. The summed E-state index contributed by atoms with van der Waals surface area (Å²) in [5, 5.41) is 13.9. The molecule has 4 rings (SSSR count). The summed E-state index contributed by atoms with van der Waals surface area (Å²) in [5.41, 5.74) is 6.73. The maximum Gasteiger partial charge on any atom is 0.420 e. The van der Waals surface area contributed by atoms with Crippen molar-refractivity contribution in [1.82, 2.24) is 4.57 Å². The second-order valence-electron chi connectivity index (χ2n) is 6.34. The molecule has 10 nitrogen and oxygen atoms in total. The first-order valence-electron chi connectivity index (χ1n) is 8.37. The summed E-state index contributed by atoms with van der Waals surface area (Å²) in [7, 11) is 0. The van der Waals surface area contributed by atoms with Crippen molar-refractivity contribution in [2.45, 2.75) is 25.8 Å². The highest BCUT2D eigenvalue weighted by Gasteiger charge is 2.26. The molecular formula is C17H14N4O6S. The van der Waals surface area contributed by atoms with Gasteiger partial charge in [-0.1, -0.05) is 0 Å². The van der Waals surface area contributed by atoms with E-state index in [1.165, 1.54) is 23.5 Å². The molecule has 0 saturated heterocycles. The molecule has 2 heterocycles. The monoisotopic (exact) mass is 402 g/mol. The molecule has 11 heteroatoms. The maximum atomic E-state index is 12.5. The van der Waals surface area contributed by atoms with Gasteiger partial charge in [0.05, 0.1) is 22.1 Å². The number of amides is 2. The maximum absolute atomic E-state index is 12.5. The third kappa shape index (κ3) is 2.95. The molecule has 0 saturated carbocycles. The zero-order chi connectivity index (χ0) is 20.0. The Morgan fingerprint density at radius 3 is 2.86 bits per heavy atom. The highest BCUT2D eigenvalue weighted by molar-refractivity contribution is 7.17. The Labute approximate surface area is 160 Å². The van der Waals surface area contributed by atoms with Crippen LogP contribution in [0.25, 0.3) is 11.1 Å². The summed E-state index contributed by atoms with van der Waals surface area (Å²) in [4.78, 5) is 47.6. The summed E-state index contributed by atoms with van der Waals surface area (Å²) in [6.45, 7) is -0.371. The van der Waals surface area contributed by atoms with Crippen LogP contribution in [-0.4, -0.2) is 21.3 Å². The molecule has 0 bridgehead atoms. The second kappa shape index (κ2) is 6.60. The van der Waals surface area contributed by atoms with Gasteiger partial charge in [-0.3, -0.25) is 24.3 Å². The Balaban J connectivity index is 1.62. The molecule has 28 heavy (non-hydrogen) atoms. The standard InChI is InChI=1S/C17H14N4O6S/c18-15(23)14-9-2-1-3-12(9)28-16(14)19-13(22)7-20-10-5-4-8(21(25)26)6-11(10)27-17(20)24/h4-6H,1-3,7H2,(H2,18,23)(H,19,22). The lowest BCUT2D eigenvalue weighted by molar-refractivity contribution is -0.384. The summed E-state index contributed by atoms with van der Waals surface area (Å²) in [6.07, 6.45) is 2.52. The van der Waals surface area contributed by atoms with Crippen LogP contribution in [0.5, 0.6) is 0 Å². The van der Waals surface area contributed by atoms with Gasteiger partial charge in [0.2, 0.25) is 5.91 Å². The van der Waals surface area contributed by atoms with E-state index in [0.29, 0.717) is 10.6 Å². The Bertz CT molecular complexity index is 1200. The summed E-state index contributed by atoms with van der Waals surface area (Å²) in [5.74, 6) is -1.95. The number of nitro benzene ring substituents is 1. The molecule has 144 valence electrons. The first kappa shape index (κ1) is 17.9. The number of anilines is 1. The van der Waals surface area contributed by atoms with Crippen molar-refractivity contribution >= 4 is 44.9 Å². The number of carbonyl (C=O) groups excluding carboxylic acids is 2. The number of carbonyl (C=O) groups is 2. The number of nitrogens with one attached hydrogen (secondary N) is 1. The molecule has 2 aromatic heterocycles. The lowest BCUT2D eigenvalue weighted by atomic mass is 10.1. The summed E-state index contributed by atoms with van der Waals surface area (Å²) < 4.78 is 6.07. The molecule has 0 radical (unpaired) electrons. The van der Waals surface area contributed by atoms with Crippen LogP contribution in [0.4, 0.5) is 10.7 Å². The molecule has 0 unspecified atom stereocenters. The Morgan fingerprint density at radius 1 is 1.36 bits per heavy atom. The van der Waals surface area contributed by atoms with E-state index in [2.05, 4.69) is 5.32 Å². The second-order valence-corrected chi connectivity index (χ2v) is 7.44. The van der Waals surface area contributed by atoms with E-state index in [1.54, 1.807) is 0 Å². The smallest absolute Gasteiger partial charge is 0.407 e. The molecule has 0 atom stereocenters. The fraction of sp³-hybridized carbons (Fsp3) is 0.235. The van der Waals surface area contributed by atoms with Gasteiger partial charge in [0.25, 0.3) is 11.6 Å². The molecule has 1 aliphatic rings. The van der Waals surface area contributed by atoms with Crippen LogP contribution in [-0.2, 0) is 24.2 Å². The molecule has 2 amide bonds. The number of aryl methyl sites for hydroxylation is 1. The molecular weight excluding hydrogens is 388 g/mol. The molecule has 3 aromatic rings. The number of benzene rings is 1. The van der Waals surface area contributed by atoms with Gasteiger partial charge >= 0.3 is 5.76 Å². The van der Waals surface area contributed by atoms with E-state index in [9.17, 15) is 24.5 Å². The fourth-order valence-corrected chi connectivity index (χ4v) is 4.69. The number of nitrogens with two attached hydrogens (primary N) is 1. The summed E-state index contributed by atoms with van der Waals surface area (Å²) in [6, 6.07) is 3.70. The van der Waals surface area contributed by atoms with E-state index in [0.717, 1.165) is 40.3 Å². The minimum absolute atomic E-state index is 0.0138. The van der Waals surface area contributed by atoms with Crippen LogP contribution in [0.3, 0.4) is 0 Å². The molecule has 3 N–H and O–H groups in total. The molecule has 0 aliphatic heterocycles. The minimum Gasteiger partial charge on any atom is -0.407 e. The van der Waals surface area contributed by atoms with Gasteiger partial charge in [0.1, 0.15) is 11.5 Å². The number of oxazole rings is 1. The molecule has 1 aliphatic carbocycles. The van der Waals surface area contributed by atoms with Crippen LogP contribution < -0.4 is 16.8 Å². The number of thiophene rings is 1. The Hall–Kier alpha value is -3.47. The van der Waals surface area contributed by atoms with E-state index >= 15 is 0 Å². The highest BCUT2D eigenvalue weighted by atomic mass is 32.1. The number of non-ortho nitro benzene ring substituents is 1. The van der Waals surface area contributed by atoms with Gasteiger partial charge < -0.3 is 15.5 Å². The summed E-state index contributed by atoms with van der Waals surface area (Å²) >= 11 is 1.31. The van der Waals surface area contributed by atoms with Crippen molar-refractivity contribution in [1.29, 1.82) is 0 Å². The largest absolute Gasteiger partial charge is 0.420 e. The van der Waals surface area contributed by atoms with Crippen LogP contribution in [0.2, 0.25) is 0 Å². The average molecular weight is 402 g/mol. The van der Waals surface area contributed by atoms with Crippen LogP contribution in [0.1, 0.15) is 27.2 Å². The van der Waals surface area contributed by atoms with Crippen molar-refractivity contribution in [3.8, 4) is 0 Å². The predicted octanol–water partition coefficient (Wildman–Crippen LogP) is 1.79. The van der Waals surface area contributed by atoms with E-state index < -0.39 is 22.5 Å². The van der Waals surface area contributed by atoms with Gasteiger partial charge in [-0.2, -0.15) is 0 Å². The van der Waals surface area contributed by atoms with Crippen molar-refractivity contribution in [3.63, 3.8) is 0 Å². The lowest BCUT2D eigenvalue weighted by Crippen LogP contribution is -2.25.